The Bertz CT molecular complexity index is 1840. The van der Waals surface area contributed by atoms with Crippen molar-refractivity contribution in [3.05, 3.63) is 83.1 Å². The number of aromatic hydroxyl groups is 1. The number of pyridine rings is 1. The van der Waals surface area contributed by atoms with Gasteiger partial charge in [0, 0.05) is 44.5 Å². The molecule has 3 fully saturated rings. The van der Waals surface area contributed by atoms with Crippen molar-refractivity contribution in [1.29, 1.82) is 0 Å². The van der Waals surface area contributed by atoms with Crippen molar-refractivity contribution in [2.24, 2.45) is 40.3 Å². The molecule has 12 nitrogen and oxygen atoms in total. The topological polar surface area (TPSA) is 209 Å². The normalized spacial score (nSPS) is 27.5. The van der Waals surface area contributed by atoms with Crippen LogP contribution < -0.4 is 21.5 Å². The Kier molecular flexibility index (Phi) is 16.7. The molecule has 12 heteroatoms. The molecule has 340 valence electrons. The van der Waals surface area contributed by atoms with E-state index in [1.807, 2.05) is 30.3 Å². The van der Waals surface area contributed by atoms with Crippen molar-refractivity contribution in [2.45, 2.75) is 147 Å². The number of unbranched alkanes of at least 4 members (excludes halogenated alkanes) is 1. The van der Waals surface area contributed by atoms with Gasteiger partial charge in [-0.05, 0) is 124 Å². The van der Waals surface area contributed by atoms with Gasteiger partial charge in [0.2, 0.25) is 0 Å². The number of nitrogen functional groups attached to an aromatic ring is 1. The summed E-state index contributed by atoms with van der Waals surface area (Å²) in [7, 11) is 0. The minimum absolute atomic E-state index is 0.0178. The smallest absolute Gasteiger partial charge is 0.189 e. The number of hydrogen-bond donors (Lipinski definition) is 8. The lowest BCUT2D eigenvalue weighted by Crippen LogP contribution is -2.38. The number of ether oxygens (including phenoxy) is 2. The number of nitrogens with two attached hydrogens (primary N) is 2. The maximum atomic E-state index is 11.3. The monoisotopic (exact) mass is 856 g/mol. The van der Waals surface area contributed by atoms with Gasteiger partial charge in [-0.1, -0.05) is 57.1 Å². The molecule has 5 aliphatic rings. The Hall–Kier alpha value is -3.62. The number of hydrogen-bond acceptors (Lipinski definition) is 12. The minimum atomic E-state index is -0.940. The Morgan fingerprint density at radius 2 is 1.87 bits per heavy atom. The lowest BCUT2D eigenvalue weighted by molar-refractivity contribution is 0.0985. The summed E-state index contributed by atoms with van der Waals surface area (Å²) in [5.41, 5.74) is 17.7. The molecule has 3 heterocycles. The first-order chi connectivity index (χ1) is 30.0. The van der Waals surface area contributed by atoms with E-state index in [1.165, 1.54) is 24.8 Å². The molecule has 0 radical (unpaired) electrons. The highest BCUT2D eigenvalue weighted by atomic mass is 16.5. The molecular weight excluding hydrogens is 783 g/mol. The number of rotatable bonds is 22. The summed E-state index contributed by atoms with van der Waals surface area (Å²) in [5, 5.41) is 56.1. The van der Waals surface area contributed by atoms with E-state index in [-0.39, 0.29) is 37.2 Å². The third-order valence-corrected chi connectivity index (χ3v) is 14.4. The fourth-order valence-electron chi connectivity index (χ4n) is 11.0. The number of phenols is 1. The van der Waals surface area contributed by atoms with Gasteiger partial charge in [-0.2, -0.15) is 11.6 Å². The fourth-order valence-corrected chi connectivity index (χ4v) is 11.0. The highest BCUT2D eigenvalue weighted by Crippen LogP contribution is 2.47. The van der Waals surface area contributed by atoms with E-state index in [0.717, 1.165) is 106 Å². The van der Waals surface area contributed by atoms with Gasteiger partial charge in [0.1, 0.15) is 18.0 Å². The summed E-state index contributed by atoms with van der Waals surface area (Å²) in [6.07, 6.45) is 21.4. The van der Waals surface area contributed by atoms with Gasteiger partial charge in [0.15, 0.2) is 29.4 Å². The molecule has 10 atom stereocenters. The molecule has 1 aromatic heterocycles. The fraction of sp³-hybridized carbons (Fsp3) is 0.640. The lowest BCUT2D eigenvalue weighted by atomic mass is 9.74. The average molecular weight is 856 g/mol. The molecule has 0 spiro atoms. The molecule has 1 aromatic carbocycles. The van der Waals surface area contributed by atoms with Crippen molar-refractivity contribution in [2.75, 3.05) is 32.0 Å². The summed E-state index contributed by atoms with van der Waals surface area (Å²) in [6.45, 7) is 3.08. The molecule has 3 aliphatic carbocycles. The molecule has 2 aliphatic heterocycles. The van der Waals surface area contributed by atoms with Crippen LogP contribution in [0.5, 0.6) is 11.5 Å². The van der Waals surface area contributed by atoms with Gasteiger partial charge in [-0.3, -0.25) is 0 Å². The highest BCUT2D eigenvalue weighted by Gasteiger charge is 2.47. The number of benzene rings is 1. The third-order valence-electron chi connectivity index (χ3n) is 14.4. The highest BCUT2D eigenvalue weighted by molar-refractivity contribution is 6.04. The maximum absolute atomic E-state index is 11.3. The zero-order chi connectivity index (χ0) is 43.6. The van der Waals surface area contributed by atoms with Crippen LogP contribution in [0.15, 0.2) is 64.8 Å². The van der Waals surface area contributed by atoms with Crippen LogP contribution in [0.2, 0.25) is 0 Å². The van der Waals surface area contributed by atoms with Crippen molar-refractivity contribution in [1.82, 2.24) is 10.3 Å². The predicted molar refractivity (Wildman–Crippen MR) is 243 cm³/mol. The Morgan fingerprint density at radius 1 is 1.03 bits per heavy atom. The van der Waals surface area contributed by atoms with E-state index in [4.69, 9.17) is 25.9 Å². The molecule has 0 saturated heterocycles. The predicted octanol–water partition coefficient (Wildman–Crippen LogP) is 6.29. The number of nitrogens with zero attached hydrogens (tertiary/aromatic N) is 2. The first-order valence-electron chi connectivity index (χ1n) is 23.7. The third kappa shape index (κ3) is 12.5. The number of anilines is 1. The van der Waals surface area contributed by atoms with Crippen LogP contribution in [0.3, 0.4) is 0 Å². The van der Waals surface area contributed by atoms with Gasteiger partial charge in [0.25, 0.3) is 0 Å². The molecule has 62 heavy (non-hydrogen) atoms. The van der Waals surface area contributed by atoms with Gasteiger partial charge >= 0.3 is 0 Å². The largest absolute Gasteiger partial charge is 0.504 e. The molecule has 0 bridgehead atoms. The van der Waals surface area contributed by atoms with Crippen molar-refractivity contribution < 1.29 is 35.0 Å². The zero-order valence-electron chi connectivity index (χ0n) is 36.8. The van der Waals surface area contributed by atoms with Gasteiger partial charge in [-0.25, -0.2) is 4.98 Å². The molecule has 0 amide bonds. The number of nitrogens with one attached hydrogen (secondary N) is 1. The van der Waals surface area contributed by atoms with Crippen molar-refractivity contribution >= 4 is 11.5 Å². The number of aliphatic imine (C=N–C) groups is 1. The quantitative estimate of drug-likeness (QED) is 0.0488. The van der Waals surface area contributed by atoms with Crippen LogP contribution in [0.4, 0.5) is 5.82 Å². The van der Waals surface area contributed by atoms with Crippen LogP contribution in [-0.2, 0) is 17.6 Å². The summed E-state index contributed by atoms with van der Waals surface area (Å²) in [5.74, 6) is 3.39. The Morgan fingerprint density at radius 3 is 2.68 bits per heavy atom. The number of phenolic OH excluding ortho intramolecular Hbond substituents is 1. The van der Waals surface area contributed by atoms with E-state index in [9.17, 15) is 25.5 Å². The molecule has 3 saturated carbocycles. The maximum Gasteiger partial charge on any atom is 0.189 e. The molecule has 10 N–H and O–H groups in total. The minimum Gasteiger partial charge on any atom is -0.504 e. The summed E-state index contributed by atoms with van der Waals surface area (Å²) >= 11 is 0. The van der Waals surface area contributed by atoms with Crippen LogP contribution in [0.25, 0.3) is 0 Å². The first kappa shape index (κ1) is 46.4. The zero-order valence-corrected chi connectivity index (χ0v) is 36.8. The van der Waals surface area contributed by atoms with E-state index in [0.29, 0.717) is 73.0 Å². The van der Waals surface area contributed by atoms with Gasteiger partial charge in [-0.15, -0.1) is 4.99 Å². The number of aromatic nitrogens is 1. The van der Waals surface area contributed by atoms with E-state index in [1.54, 1.807) is 19.2 Å². The number of aryl methyl sites for hydroxylation is 2. The second-order valence-corrected chi connectivity index (χ2v) is 19.1. The lowest BCUT2D eigenvalue weighted by Gasteiger charge is -2.35. The number of aliphatic hydroxyl groups excluding tert-OH is 4. The summed E-state index contributed by atoms with van der Waals surface area (Å²) in [4.78, 5) is 8.97. The molecule has 1 unspecified atom stereocenters. The van der Waals surface area contributed by atoms with Crippen LogP contribution in [-0.4, -0.2) is 93.0 Å². The first-order valence-corrected chi connectivity index (χ1v) is 23.7. The van der Waals surface area contributed by atoms with E-state index in [2.05, 4.69) is 16.4 Å². The van der Waals surface area contributed by atoms with Crippen LogP contribution in [0.1, 0.15) is 114 Å². The number of aliphatic hydroxyl groups is 4. The SMILES string of the molecule is C[C@H](O)CNC[C@@H]1C2=C[C+]([C@@H](O)COc3cc(CC[C-]4C=C(CO)C(CCCC[C@@H]5CC[C@@H](C[C@H](O)CCc6ccnc(N)c6)[C@H](N)C5)O4)ccc3O)N=C2CC[C@H]2CCC[C@@H]21. The van der Waals surface area contributed by atoms with E-state index >= 15 is 0 Å². The van der Waals surface area contributed by atoms with Crippen molar-refractivity contribution in [3.8, 4) is 11.5 Å². The Balaban J connectivity index is 0.813. The average Bonchev–Trinajstić information content (AvgIpc) is 3.99. The van der Waals surface area contributed by atoms with Crippen LogP contribution in [0, 0.1) is 41.7 Å². The molecule has 2 aromatic rings. The molecular formula is C50H73N5O7. The van der Waals surface area contributed by atoms with Crippen molar-refractivity contribution in [3.63, 3.8) is 0 Å². The molecule has 7 rings (SSSR count). The van der Waals surface area contributed by atoms with E-state index < -0.39 is 12.2 Å². The second-order valence-electron chi connectivity index (χ2n) is 19.1. The van der Waals surface area contributed by atoms with Gasteiger partial charge in [0.05, 0.1) is 24.2 Å². The number of fused-ring (bicyclic) bond motifs is 2. The van der Waals surface area contributed by atoms with Crippen LogP contribution >= 0.6 is 0 Å². The Labute approximate surface area is 369 Å². The van der Waals surface area contributed by atoms with Gasteiger partial charge < -0.3 is 51.8 Å². The summed E-state index contributed by atoms with van der Waals surface area (Å²) < 4.78 is 12.4. The summed E-state index contributed by atoms with van der Waals surface area (Å²) in [6, 6.07) is 9.88. The second kappa shape index (κ2) is 22.3. The standard InChI is InChI=1S/C50H73N5O7/c1-31(57)27-53-28-42-40-7-4-6-35(40)14-17-44-41(42)26-45(55-44)47(60)30-61-49-22-33(12-18-46(49)59)11-16-39-25-37(29-56)48(62-39)8-3-2-5-32-9-13-36(43(51)21-32)24-38(58)15-10-34-19-20-54-50(52)23-34/h12,18-20,22-23,25-26,31-32,35-36,38,40,42-43,47-48,53,56-60H,2-11,13-17,21,24,27-30,51H2,1H3,(H2,52,54)/t31-,32+,35+,36-,38+,40-,42-,43+,47-,48?/m0/s1.